The quantitative estimate of drug-likeness (QED) is 0.744. The maximum Gasteiger partial charge on any atom is 0.0912 e. The molecule has 3 rings (SSSR count). The van der Waals surface area contributed by atoms with E-state index in [0.717, 1.165) is 23.2 Å². The highest BCUT2D eigenvalue weighted by Gasteiger charge is 2.15. The van der Waals surface area contributed by atoms with Crippen LogP contribution in [0, 0.1) is 0 Å². The van der Waals surface area contributed by atoms with Crippen LogP contribution >= 0.6 is 0 Å². The molecule has 1 unspecified atom stereocenters. The zero-order valence-electron chi connectivity index (χ0n) is 11.9. The van der Waals surface area contributed by atoms with Crippen LogP contribution in [0.2, 0.25) is 0 Å². The summed E-state index contributed by atoms with van der Waals surface area (Å²) in [6, 6.07) is 16.7. The van der Waals surface area contributed by atoms with Gasteiger partial charge in [-0.1, -0.05) is 49.4 Å². The van der Waals surface area contributed by atoms with Gasteiger partial charge < -0.3 is 9.67 Å². The third-order valence-electron chi connectivity index (χ3n) is 3.68. The first-order chi connectivity index (χ1) is 9.74. The Bertz CT molecular complexity index is 727. The van der Waals surface area contributed by atoms with Gasteiger partial charge in [-0.15, -0.1) is 0 Å². The predicted octanol–water partition coefficient (Wildman–Crippen LogP) is 4.43. The van der Waals surface area contributed by atoms with Crippen molar-refractivity contribution in [3.63, 3.8) is 0 Å². The number of aromatic nitrogens is 1. The van der Waals surface area contributed by atoms with E-state index in [2.05, 4.69) is 54.0 Å². The summed E-state index contributed by atoms with van der Waals surface area (Å²) in [4.78, 5) is 0. The highest BCUT2D eigenvalue weighted by molar-refractivity contribution is 6.10. The number of benzene rings is 2. The SMILES string of the molecule is CC/C=C(\C(C)O)n1c2ccccc2c2ccccc21. The average Bonchev–Trinajstić information content (AvgIpc) is 2.79. The molecule has 0 amide bonds. The maximum absolute atomic E-state index is 10.1. The van der Waals surface area contributed by atoms with Crippen LogP contribution in [0.4, 0.5) is 0 Å². The van der Waals surface area contributed by atoms with E-state index in [1.165, 1.54) is 10.8 Å². The van der Waals surface area contributed by atoms with Crippen molar-refractivity contribution in [1.82, 2.24) is 4.57 Å². The highest BCUT2D eigenvalue weighted by Crippen LogP contribution is 2.32. The van der Waals surface area contributed by atoms with Gasteiger partial charge in [0.15, 0.2) is 0 Å². The molecule has 0 bridgehead atoms. The Balaban J connectivity index is 2.45. The minimum Gasteiger partial charge on any atom is -0.387 e. The number of hydrogen-bond donors (Lipinski definition) is 1. The molecule has 102 valence electrons. The lowest BCUT2D eigenvalue weighted by Gasteiger charge is -2.15. The van der Waals surface area contributed by atoms with Crippen LogP contribution < -0.4 is 0 Å². The molecule has 1 N–H and O–H groups in total. The largest absolute Gasteiger partial charge is 0.387 e. The highest BCUT2D eigenvalue weighted by atomic mass is 16.3. The number of hydrogen-bond acceptors (Lipinski definition) is 1. The third kappa shape index (κ3) is 1.93. The summed E-state index contributed by atoms with van der Waals surface area (Å²) in [6.07, 6.45) is 2.51. The van der Waals surface area contributed by atoms with Crippen molar-refractivity contribution >= 4 is 27.5 Å². The Morgan fingerprint density at radius 3 is 2.00 bits per heavy atom. The molecule has 0 fully saturated rings. The number of fused-ring (bicyclic) bond motifs is 3. The van der Waals surface area contributed by atoms with E-state index in [1.807, 2.05) is 19.1 Å². The van der Waals surface area contributed by atoms with Crippen LogP contribution in [0.1, 0.15) is 20.3 Å². The molecular formula is C18H19NO. The lowest BCUT2D eigenvalue weighted by Crippen LogP contribution is -2.10. The normalized spacial score (nSPS) is 14.1. The molecule has 1 heterocycles. The summed E-state index contributed by atoms with van der Waals surface area (Å²) in [6.45, 7) is 3.92. The molecule has 0 saturated heterocycles. The smallest absolute Gasteiger partial charge is 0.0912 e. The van der Waals surface area contributed by atoms with Crippen molar-refractivity contribution in [3.05, 3.63) is 54.6 Å². The molecule has 1 atom stereocenters. The number of aliphatic hydroxyl groups is 1. The molecule has 2 nitrogen and oxygen atoms in total. The average molecular weight is 265 g/mol. The van der Waals surface area contributed by atoms with Crippen LogP contribution in [-0.4, -0.2) is 15.8 Å². The first-order valence-electron chi connectivity index (χ1n) is 7.10. The van der Waals surface area contributed by atoms with Crippen molar-refractivity contribution in [2.45, 2.75) is 26.4 Å². The molecule has 20 heavy (non-hydrogen) atoms. The molecule has 1 aromatic heterocycles. The summed E-state index contributed by atoms with van der Waals surface area (Å²) in [5.41, 5.74) is 3.24. The van der Waals surface area contributed by atoms with Crippen molar-refractivity contribution < 1.29 is 5.11 Å². The van der Waals surface area contributed by atoms with Gasteiger partial charge in [0.1, 0.15) is 0 Å². The van der Waals surface area contributed by atoms with E-state index < -0.39 is 6.10 Å². The van der Waals surface area contributed by atoms with Crippen molar-refractivity contribution in [2.75, 3.05) is 0 Å². The molecular weight excluding hydrogens is 246 g/mol. The molecule has 0 radical (unpaired) electrons. The number of nitrogens with zero attached hydrogens (tertiary/aromatic N) is 1. The first kappa shape index (κ1) is 12.9. The first-order valence-corrected chi connectivity index (χ1v) is 7.10. The standard InChI is InChI=1S/C18H19NO/c1-3-8-16(13(2)20)19-17-11-6-4-9-14(17)15-10-5-7-12-18(15)19/h4-13,20H,3H2,1-2H3/b16-8+. The van der Waals surface area contributed by atoms with Gasteiger partial charge in [-0.3, -0.25) is 0 Å². The topological polar surface area (TPSA) is 25.2 Å². The third-order valence-corrected chi connectivity index (χ3v) is 3.68. The van der Waals surface area contributed by atoms with Crippen LogP contribution in [0.3, 0.4) is 0 Å². The Labute approximate surface area is 119 Å². The fourth-order valence-electron chi connectivity index (χ4n) is 2.86. The molecule has 0 saturated carbocycles. The zero-order valence-corrected chi connectivity index (χ0v) is 11.9. The van der Waals surface area contributed by atoms with Gasteiger partial charge in [-0.25, -0.2) is 0 Å². The van der Waals surface area contributed by atoms with E-state index in [4.69, 9.17) is 0 Å². The van der Waals surface area contributed by atoms with Gasteiger partial charge in [0.05, 0.1) is 17.1 Å². The number of rotatable bonds is 3. The Morgan fingerprint density at radius 1 is 1.05 bits per heavy atom. The molecule has 0 aliphatic carbocycles. The molecule has 3 aromatic rings. The minimum atomic E-state index is -0.492. The van der Waals surface area contributed by atoms with E-state index in [1.54, 1.807) is 0 Å². The fourth-order valence-corrected chi connectivity index (χ4v) is 2.86. The monoisotopic (exact) mass is 265 g/mol. The predicted molar refractivity (Wildman–Crippen MR) is 85.7 cm³/mol. The van der Waals surface area contributed by atoms with Crippen LogP contribution in [0.25, 0.3) is 27.5 Å². The van der Waals surface area contributed by atoms with Gasteiger partial charge >= 0.3 is 0 Å². The number of para-hydroxylation sites is 2. The molecule has 2 heteroatoms. The summed E-state index contributed by atoms with van der Waals surface area (Å²) >= 11 is 0. The summed E-state index contributed by atoms with van der Waals surface area (Å²) in [5.74, 6) is 0. The summed E-state index contributed by atoms with van der Waals surface area (Å²) in [5, 5.41) is 12.6. The van der Waals surface area contributed by atoms with E-state index in [-0.39, 0.29) is 0 Å². The van der Waals surface area contributed by atoms with Gasteiger partial charge in [-0.2, -0.15) is 0 Å². The van der Waals surface area contributed by atoms with Crippen molar-refractivity contribution in [3.8, 4) is 0 Å². The van der Waals surface area contributed by atoms with E-state index in [9.17, 15) is 5.11 Å². The molecule has 2 aromatic carbocycles. The zero-order chi connectivity index (χ0) is 14.1. The number of allylic oxidation sites excluding steroid dienone is 1. The molecule has 0 aliphatic rings. The van der Waals surface area contributed by atoms with Crippen LogP contribution in [-0.2, 0) is 0 Å². The Hall–Kier alpha value is -2.06. The fraction of sp³-hybridized carbons (Fsp3) is 0.222. The van der Waals surface area contributed by atoms with E-state index in [0.29, 0.717) is 0 Å². The summed E-state index contributed by atoms with van der Waals surface area (Å²) in [7, 11) is 0. The van der Waals surface area contributed by atoms with Gasteiger partial charge in [0.2, 0.25) is 0 Å². The van der Waals surface area contributed by atoms with Crippen molar-refractivity contribution in [1.29, 1.82) is 0 Å². The van der Waals surface area contributed by atoms with Crippen LogP contribution in [0.5, 0.6) is 0 Å². The Morgan fingerprint density at radius 2 is 1.55 bits per heavy atom. The van der Waals surface area contributed by atoms with Crippen molar-refractivity contribution in [2.24, 2.45) is 0 Å². The lowest BCUT2D eigenvalue weighted by atomic mass is 10.2. The Kier molecular flexibility index (Phi) is 3.33. The number of aliphatic hydroxyl groups excluding tert-OH is 1. The second-order valence-corrected chi connectivity index (χ2v) is 5.08. The van der Waals surface area contributed by atoms with Gasteiger partial charge in [0.25, 0.3) is 0 Å². The molecule has 0 spiro atoms. The maximum atomic E-state index is 10.1. The second-order valence-electron chi connectivity index (χ2n) is 5.08. The van der Waals surface area contributed by atoms with E-state index >= 15 is 0 Å². The van der Waals surface area contributed by atoms with Gasteiger partial charge in [-0.05, 0) is 25.5 Å². The second kappa shape index (κ2) is 5.14. The van der Waals surface area contributed by atoms with Gasteiger partial charge in [0, 0.05) is 16.5 Å². The summed E-state index contributed by atoms with van der Waals surface area (Å²) < 4.78 is 2.18. The minimum absolute atomic E-state index is 0.492. The lowest BCUT2D eigenvalue weighted by molar-refractivity contribution is 0.247. The molecule has 0 aliphatic heterocycles. The van der Waals surface area contributed by atoms with Crippen LogP contribution in [0.15, 0.2) is 54.6 Å².